The van der Waals surface area contributed by atoms with E-state index in [2.05, 4.69) is 15.0 Å². The Morgan fingerprint density at radius 1 is 1.11 bits per heavy atom. The molecule has 94 valence electrons. The summed E-state index contributed by atoms with van der Waals surface area (Å²) in [6, 6.07) is 11.1. The third kappa shape index (κ3) is 2.24. The number of aromatic nitrogens is 3. The number of nitrogens with one attached hydrogen (secondary N) is 1. The number of aromatic amines is 1. The number of H-pyrrole nitrogens is 1. The summed E-state index contributed by atoms with van der Waals surface area (Å²) in [4.78, 5) is 22.9. The zero-order valence-electron chi connectivity index (χ0n) is 10.3. The molecule has 0 spiro atoms. The van der Waals surface area contributed by atoms with Crippen LogP contribution in [-0.2, 0) is 0 Å². The maximum Gasteiger partial charge on any atom is 0.247 e. The van der Waals surface area contributed by atoms with Gasteiger partial charge in [-0.05, 0) is 18.4 Å². The summed E-state index contributed by atoms with van der Waals surface area (Å²) in [5.74, 6) is 0. The van der Waals surface area contributed by atoms with Gasteiger partial charge >= 0.3 is 0 Å². The molecule has 0 saturated heterocycles. The van der Waals surface area contributed by atoms with Gasteiger partial charge in [-0.15, -0.1) is 0 Å². The highest BCUT2D eigenvalue weighted by atomic mass is 32.2. The largest absolute Gasteiger partial charge is 0.328 e. The molecule has 1 N–H and O–H groups in total. The highest BCUT2D eigenvalue weighted by Gasteiger charge is 2.09. The first-order valence-electron chi connectivity index (χ1n) is 5.78. The Morgan fingerprint density at radius 3 is 2.68 bits per heavy atom. The van der Waals surface area contributed by atoms with Gasteiger partial charge in [-0.1, -0.05) is 30.0 Å². The van der Waals surface area contributed by atoms with E-state index in [1.54, 1.807) is 12.3 Å². The zero-order chi connectivity index (χ0) is 13.2. The van der Waals surface area contributed by atoms with Gasteiger partial charge in [0.25, 0.3) is 0 Å². The van der Waals surface area contributed by atoms with Gasteiger partial charge < -0.3 is 4.98 Å². The fourth-order valence-electron chi connectivity index (χ4n) is 1.92. The van der Waals surface area contributed by atoms with Crippen molar-refractivity contribution in [2.45, 2.75) is 5.16 Å². The number of nitrogens with zero attached hydrogens (tertiary/aromatic N) is 2. The molecule has 0 aliphatic carbocycles. The molecule has 19 heavy (non-hydrogen) atoms. The third-order valence-electron chi connectivity index (χ3n) is 2.82. The molecule has 0 aliphatic heterocycles. The summed E-state index contributed by atoms with van der Waals surface area (Å²) in [6.45, 7) is 0. The van der Waals surface area contributed by atoms with E-state index in [-0.39, 0.29) is 5.56 Å². The van der Waals surface area contributed by atoms with Crippen molar-refractivity contribution >= 4 is 22.7 Å². The van der Waals surface area contributed by atoms with Crippen LogP contribution in [0.25, 0.3) is 22.2 Å². The fraction of sp³-hybridized carbons (Fsp3) is 0.0714. The minimum absolute atomic E-state index is 0.118. The van der Waals surface area contributed by atoms with Crippen molar-refractivity contribution < 1.29 is 0 Å². The van der Waals surface area contributed by atoms with Crippen molar-refractivity contribution in [3.05, 3.63) is 52.9 Å². The summed E-state index contributed by atoms with van der Waals surface area (Å²) < 4.78 is 0. The van der Waals surface area contributed by atoms with Gasteiger partial charge in [0.15, 0.2) is 5.16 Å². The number of para-hydroxylation sites is 1. The maximum absolute atomic E-state index is 11.1. The molecule has 3 rings (SSSR count). The SMILES string of the molecule is CSc1nc(-c2ccc(=O)[nH]c2)c2ccccc2n1. The minimum Gasteiger partial charge on any atom is -0.328 e. The molecule has 0 bridgehead atoms. The van der Waals surface area contributed by atoms with E-state index in [1.807, 2.05) is 30.5 Å². The molecule has 0 fully saturated rings. The lowest BCUT2D eigenvalue weighted by molar-refractivity contribution is 1.01. The van der Waals surface area contributed by atoms with Gasteiger partial charge in [-0.3, -0.25) is 4.79 Å². The van der Waals surface area contributed by atoms with Crippen LogP contribution in [0.5, 0.6) is 0 Å². The van der Waals surface area contributed by atoms with Crippen molar-refractivity contribution in [1.82, 2.24) is 15.0 Å². The van der Waals surface area contributed by atoms with Crippen molar-refractivity contribution in [2.75, 3.05) is 6.26 Å². The van der Waals surface area contributed by atoms with Gasteiger partial charge in [0.05, 0.1) is 11.2 Å². The number of fused-ring (bicyclic) bond motifs is 1. The van der Waals surface area contributed by atoms with Gasteiger partial charge in [0, 0.05) is 23.2 Å². The third-order valence-corrected chi connectivity index (χ3v) is 3.37. The molecule has 0 atom stereocenters. The first-order chi connectivity index (χ1) is 9.28. The monoisotopic (exact) mass is 269 g/mol. The Hall–Kier alpha value is -2.14. The first kappa shape index (κ1) is 11.9. The first-order valence-corrected chi connectivity index (χ1v) is 7.00. The van der Waals surface area contributed by atoms with Gasteiger partial charge in [0.1, 0.15) is 0 Å². The van der Waals surface area contributed by atoms with Crippen LogP contribution in [0, 0.1) is 0 Å². The molecular formula is C14H11N3OS. The van der Waals surface area contributed by atoms with E-state index in [0.717, 1.165) is 27.3 Å². The van der Waals surface area contributed by atoms with E-state index in [4.69, 9.17) is 0 Å². The topological polar surface area (TPSA) is 58.6 Å². The number of hydrogen-bond acceptors (Lipinski definition) is 4. The molecular weight excluding hydrogens is 258 g/mol. The number of thioether (sulfide) groups is 1. The van der Waals surface area contributed by atoms with Crippen LogP contribution in [0.1, 0.15) is 0 Å². The van der Waals surface area contributed by atoms with Gasteiger partial charge in [0.2, 0.25) is 5.56 Å². The predicted octanol–water partition coefficient (Wildman–Crippen LogP) is 2.71. The van der Waals surface area contributed by atoms with E-state index in [1.165, 1.54) is 17.8 Å². The van der Waals surface area contributed by atoms with E-state index in [9.17, 15) is 4.79 Å². The lowest BCUT2D eigenvalue weighted by Crippen LogP contribution is -2.02. The van der Waals surface area contributed by atoms with Crippen LogP contribution in [0.2, 0.25) is 0 Å². The van der Waals surface area contributed by atoms with E-state index >= 15 is 0 Å². The second kappa shape index (κ2) is 4.85. The molecule has 0 aliphatic rings. The molecule has 0 unspecified atom stereocenters. The highest BCUT2D eigenvalue weighted by Crippen LogP contribution is 2.26. The molecule has 2 heterocycles. The maximum atomic E-state index is 11.1. The van der Waals surface area contributed by atoms with Crippen LogP contribution in [0.15, 0.2) is 52.5 Å². The van der Waals surface area contributed by atoms with Crippen LogP contribution in [-0.4, -0.2) is 21.2 Å². The molecule has 4 nitrogen and oxygen atoms in total. The van der Waals surface area contributed by atoms with Crippen molar-refractivity contribution in [1.29, 1.82) is 0 Å². The number of hydrogen-bond donors (Lipinski definition) is 1. The van der Waals surface area contributed by atoms with Crippen LogP contribution in [0.3, 0.4) is 0 Å². The molecule has 0 radical (unpaired) electrons. The second-order valence-corrected chi connectivity index (χ2v) is 4.79. The predicted molar refractivity (Wildman–Crippen MR) is 77.4 cm³/mol. The average Bonchev–Trinajstić information content (AvgIpc) is 2.47. The number of pyridine rings is 1. The Labute approximate surface area is 113 Å². The van der Waals surface area contributed by atoms with Gasteiger partial charge in [-0.2, -0.15) is 0 Å². The molecule has 3 aromatic rings. The number of rotatable bonds is 2. The molecule has 1 aromatic carbocycles. The Kier molecular flexibility index (Phi) is 3.05. The van der Waals surface area contributed by atoms with Crippen LogP contribution >= 0.6 is 11.8 Å². The Balaban J connectivity index is 2.32. The Morgan fingerprint density at radius 2 is 1.95 bits per heavy atom. The zero-order valence-corrected chi connectivity index (χ0v) is 11.1. The lowest BCUT2D eigenvalue weighted by Gasteiger charge is -2.07. The number of benzene rings is 1. The summed E-state index contributed by atoms with van der Waals surface area (Å²) in [5.41, 5.74) is 2.51. The minimum atomic E-state index is -0.118. The van der Waals surface area contributed by atoms with Crippen molar-refractivity contribution in [3.8, 4) is 11.3 Å². The lowest BCUT2D eigenvalue weighted by atomic mass is 10.1. The second-order valence-electron chi connectivity index (χ2n) is 4.02. The molecule has 0 amide bonds. The summed E-state index contributed by atoms with van der Waals surface area (Å²) in [7, 11) is 0. The van der Waals surface area contributed by atoms with Crippen LogP contribution < -0.4 is 5.56 Å². The summed E-state index contributed by atoms with van der Waals surface area (Å²) in [6.07, 6.45) is 3.63. The van der Waals surface area contributed by atoms with E-state index < -0.39 is 0 Å². The Bertz CT molecular complexity index is 778. The normalized spacial score (nSPS) is 10.8. The highest BCUT2D eigenvalue weighted by molar-refractivity contribution is 7.98. The standard InChI is InChI=1S/C14H11N3OS/c1-19-14-16-11-5-3-2-4-10(11)13(17-14)9-6-7-12(18)15-8-9/h2-8H,1H3,(H,15,18). The molecule has 2 aromatic heterocycles. The van der Waals surface area contributed by atoms with Gasteiger partial charge in [-0.25, -0.2) is 9.97 Å². The fourth-order valence-corrected chi connectivity index (χ4v) is 2.30. The van der Waals surface area contributed by atoms with Crippen LogP contribution in [0.4, 0.5) is 0 Å². The quantitative estimate of drug-likeness (QED) is 0.574. The summed E-state index contributed by atoms with van der Waals surface area (Å²) >= 11 is 1.50. The van der Waals surface area contributed by atoms with Crippen molar-refractivity contribution in [2.24, 2.45) is 0 Å². The average molecular weight is 269 g/mol. The molecule has 5 heteroatoms. The smallest absolute Gasteiger partial charge is 0.247 e. The molecule has 0 saturated carbocycles. The van der Waals surface area contributed by atoms with E-state index in [0.29, 0.717) is 0 Å². The summed E-state index contributed by atoms with van der Waals surface area (Å²) in [5, 5.41) is 1.70. The van der Waals surface area contributed by atoms with Crippen molar-refractivity contribution in [3.63, 3.8) is 0 Å².